The Labute approximate surface area is 113 Å². The van der Waals surface area contributed by atoms with Crippen molar-refractivity contribution < 1.29 is 13.6 Å². The monoisotopic (exact) mass is 282 g/mol. The topological polar surface area (TPSA) is 42.0 Å². The molecule has 0 atom stereocenters. The lowest BCUT2D eigenvalue weighted by molar-refractivity contribution is 0.0950. The van der Waals surface area contributed by atoms with E-state index in [9.17, 15) is 13.6 Å². The molecule has 0 aliphatic heterocycles. The maximum atomic E-state index is 13.3. The van der Waals surface area contributed by atoms with Crippen LogP contribution in [0.2, 0.25) is 5.15 Å². The molecule has 0 spiro atoms. The molecule has 6 heteroatoms. The Morgan fingerprint density at radius 1 is 1.32 bits per heavy atom. The molecule has 0 saturated carbocycles. The second-order valence-electron chi connectivity index (χ2n) is 3.76. The molecule has 1 amide bonds. The summed E-state index contributed by atoms with van der Waals surface area (Å²) in [6.07, 6.45) is 1.45. The van der Waals surface area contributed by atoms with Crippen molar-refractivity contribution in [2.45, 2.75) is 6.54 Å². The number of halogens is 3. The van der Waals surface area contributed by atoms with Crippen LogP contribution in [0, 0.1) is 11.6 Å². The van der Waals surface area contributed by atoms with Crippen molar-refractivity contribution in [3.05, 3.63) is 64.4 Å². The minimum atomic E-state index is -0.584. The predicted octanol–water partition coefficient (Wildman–Crippen LogP) is 2.94. The van der Waals surface area contributed by atoms with Crippen LogP contribution in [0.3, 0.4) is 0 Å². The highest BCUT2D eigenvalue weighted by Crippen LogP contribution is 2.13. The summed E-state index contributed by atoms with van der Waals surface area (Å²) in [6.45, 7) is -0.131. The van der Waals surface area contributed by atoms with E-state index in [0.717, 1.165) is 18.2 Å². The van der Waals surface area contributed by atoms with Gasteiger partial charge in [0.05, 0.1) is 5.56 Å². The van der Waals surface area contributed by atoms with E-state index in [1.807, 2.05) is 0 Å². The third-order valence-electron chi connectivity index (χ3n) is 2.45. The van der Waals surface area contributed by atoms with Gasteiger partial charge in [0.25, 0.3) is 5.91 Å². The van der Waals surface area contributed by atoms with Crippen LogP contribution in [0.5, 0.6) is 0 Å². The van der Waals surface area contributed by atoms with Crippen LogP contribution in [0.1, 0.15) is 15.9 Å². The van der Waals surface area contributed by atoms with Crippen molar-refractivity contribution in [2.24, 2.45) is 0 Å². The Morgan fingerprint density at radius 2 is 2.11 bits per heavy atom. The molecule has 0 radical (unpaired) electrons. The molecular formula is C13H9ClF2N2O. The van der Waals surface area contributed by atoms with Gasteiger partial charge in [-0.1, -0.05) is 11.6 Å². The average molecular weight is 283 g/mol. The minimum absolute atomic E-state index is 0.0553. The highest BCUT2D eigenvalue weighted by Gasteiger charge is 2.11. The Hall–Kier alpha value is -2.01. The number of aromatic nitrogens is 1. The summed E-state index contributed by atoms with van der Waals surface area (Å²) in [4.78, 5) is 15.5. The molecule has 0 unspecified atom stereocenters. The zero-order valence-corrected chi connectivity index (χ0v) is 10.4. The number of rotatable bonds is 3. The summed E-state index contributed by atoms with van der Waals surface area (Å²) in [5.41, 5.74) is 0.245. The highest BCUT2D eigenvalue weighted by molar-refractivity contribution is 6.32. The molecule has 0 fully saturated rings. The fourth-order valence-corrected chi connectivity index (χ4v) is 1.71. The van der Waals surface area contributed by atoms with Gasteiger partial charge in [-0.05, 0) is 30.3 Å². The lowest BCUT2D eigenvalue weighted by atomic mass is 10.2. The number of amides is 1. The summed E-state index contributed by atoms with van der Waals surface area (Å²) < 4.78 is 26.3. The van der Waals surface area contributed by atoms with Crippen molar-refractivity contribution in [2.75, 3.05) is 0 Å². The summed E-state index contributed by atoms with van der Waals surface area (Å²) in [6, 6.07) is 6.10. The Morgan fingerprint density at radius 3 is 2.84 bits per heavy atom. The van der Waals surface area contributed by atoms with Crippen LogP contribution in [0.25, 0.3) is 0 Å². The maximum absolute atomic E-state index is 13.3. The maximum Gasteiger partial charge on any atom is 0.254 e. The molecule has 98 valence electrons. The van der Waals surface area contributed by atoms with E-state index in [1.54, 1.807) is 6.07 Å². The first-order valence-corrected chi connectivity index (χ1v) is 5.78. The largest absolute Gasteiger partial charge is 0.348 e. The van der Waals surface area contributed by atoms with Gasteiger partial charge in [0.15, 0.2) is 0 Å². The standard InChI is InChI=1S/C13H9ClF2N2O/c14-12-10(2-1-5-17-12)13(19)18-7-8-6-9(15)3-4-11(8)16/h1-6H,7H2,(H,18,19). The van der Waals surface area contributed by atoms with Gasteiger partial charge in [-0.3, -0.25) is 4.79 Å². The third kappa shape index (κ3) is 3.26. The van der Waals surface area contributed by atoms with Gasteiger partial charge in [0, 0.05) is 18.3 Å². The van der Waals surface area contributed by atoms with E-state index in [0.29, 0.717) is 0 Å². The molecule has 0 saturated heterocycles. The molecule has 1 aromatic carbocycles. The van der Waals surface area contributed by atoms with Crippen LogP contribution in [0.15, 0.2) is 36.5 Å². The van der Waals surface area contributed by atoms with Gasteiger partial charge in [0.2, 0.25) is 0 Å². The van der Waals surface area contributed by atoms with Crippen LogP contribution >= 0.6 is 11.6 Å². The lowest BCUT2D eigenvalue weighted by Gasteiger charge is -2.07. The second-order valence-corrected chi connectivity index (χ2v) is 4.12. The average Bonchev–Trinajstić information content (AvgIpc) is 2.40. The van der Waals surface area contributed by atoms with Crippen LogP contribution < -0.4 is 5.32 Å². The zero-order valence-electron chi connectivity index (χ0n) is 9.66. The Bertz CT molecular complexity index is 619. The van der Waals surface area contributed by atoms with Gasteiger partial charge in [-0.25, -0.2) is 13.8 Å². The first-order valence-electron chi connectivity index (χ1n) is 5.40. The molecule has 19 heavy (non-hydrogen) atoms. The van der Waals surface area contributed by atoms with E-state index in [1.165, 1.54) is 12.3 Å². The predicted molar refractivity (Wildman–Crippen MR) is 66.8 cm³/mol. The van der Waals surface area contributed by atoms with Crippen molar-refractivity contribution in [1.29, 1.82) is 0 Å². The molecule has 0 bridgehead atoms. The number of nitrogens with zero attached hydrogens (tertiary/aromatic N) is 1. The van der Waals surface area contributed by atoms with Crippen molar-refractivity contribution >= 4 is 17.5 Å². The van der Waals surface area contributed by atoms with Crippen LogP contribution in [0.4, 0.5) is 8.78 Å². The molecule has 0 aliphatic rings. The normalized spacial score (nSPS) is 10.3. The quantitative estimate of drug-likeness (QED) is 0.880. The first-order chi connectivity index (χ1) is 9.08. The number of carbonyl (C=O) groups excluding carboxylic acids is 1. The molecule has 1 N–H and O–H groups in total. The van der Waals surface area contributed by atoms with Crippen molar-refractivity contribution in [3.8, 4) is 0 Å². The van der Waals surface area contributed by atoms with Gasteiger partial charge in [-0.2, -0.15) is 0 Å². The number of pyridine rings is 1. The SMILES string of the molecule is O=C(NCc1cc(F)ccc1F)c1cccnc1Cl. The highest BCUT2D eigenvalue weighted by atomic mass is 35.5. The van der Waals surface area contributed by atoms with Crippen LogP contribution in [-0.4, -0.2) is 10.9 Å². The van der Waals surface area contributed by atoms with Gasteiger partial charge < -0.3 is 5.32 Å². The molecule has 1 aromatic heterocycles. The van der Waals surface area contributed by atoms with Crippen LogP contribution in [-0.2, 0) is 6.54 Å². The van der Waals surface area contributed by atoms with Gasteiger partial charge in [0.1, 0.15) is 16.8 Å². The fourth-order valence-electron chi connectivity index (χ4n) is 1.50. The van der Waals surface area contributed by atoms with Gasteiger partial charge in [-0.15, -0.1) is 0 Å². The number of hydrogen-bond donors (Lipinski definition) is 1. The number of benzene rings is 1. The van der Waals surface area contributed by atoms with E-state index < -0.39 is 17.5 Å². The molecule has 3 nitrogen and oxygen atoms in total. The summed E-state index contributed by atoms with van der Waals surface area (Å²) in [5, 5.41) is 2.51. The zero-order chi connectivity index (χ0) is 13.8. The second kappa shape index (κ2) is 5.75. The van der Waals surface area contributed by atoms with E-state index in [2.05, 4.69) is 10.3 Å². The minimum Gasteiger partial charge on any atom is -0.348 e. The Kier molecular flexibility index (Phi) is 4.06. The lowest BCUT2D eigenvalue weighted by Crippen LogP contribution is -2.23. The number of carbonyl (C=O) groups is 1. The number of nitrogens with one attached hydrogen (secondary N) is 1. The molecule has 2 aromatic rings. The van der Waals surface area contributed by atoms with Crippen molar-refractivity contribution in [1.82, 2.24) is 10.3 Å². The molecule has 1 heterocycles. The summed E-state index contributed by atoms with van der Waals surface area (Å²) in [7, 11) is 0. The van der Waals surface area contributed by atoms with E-state index in [-0.39, 0.29) is 22.8 Å². The van der Waals surface area contributed by atoms with E-state index >= 15 is 0 Å². The molecule has 2 rings (SSSR count). The van der Waals surface area contributed by atoms with Crippen molar-refractivity contribution in [3.63, 3.8) is 0 Å². The smallest absolute Gasteiger partial charge is 0.254 e. The third-order valence-corrected chi connectivity index (χ3v) is 2.75. The van der Waals surface area contributed by atoms with E-state index in [4.69, 9.17) is 11.6 Å². The Balaban J connectivity index is 2.09. The summed E-state index contributed by atoms with van der Waals surface area (Å²) >= 11 is 5.75. The number of hydrogen-bond acceptors (Lipinski definition) is 2. The first kappa shape index (κ1) is 13.4. The molecular weight excluding hydrogens is 274 g/mol. The fraction of sp³-hybridized carbons (Fsp3) is 0.0769. The van der Waals surface area contributed by atoms with Gasteiger partial charge >= 0.3 is 0 Å². The summed E-state index contributed by atoms with van der Waals surface area (Å²) in [5.74, 6) is -1.65. The molecule has 0 aliphatic carbocycles.